The van der Waals surface area contributed by atoms with Crippen LogP contribution < -0.4 is 4.74 Å². The molecule has 0 spiro atoms. The van der Waals surface area contributed by atoms with Gasteiger partial charge in [-0.25, -0.2) is 4.79 Å². The quantitative estimate of drug-likeness (QED) is 0.378. The van der Waals surface area contributed by atoms with Crippen LogP contribution in [0.4, 0.5) is 18.9 Å². The Morgan fingerprint density at radius 1 is 1.03 bits per heavy atom. The van der Waals surface area contributed by atoms with E-state index in [2.05, 4.69) is 4.99 Å². The summed E-state index contributed by atoms with van der Waals surface area (Å²) in [7, 11) is 0. The summed E-state index contributed by atoms with van der Waals surface area (Å²) in [6, 6.07) is 15.3. The first-order chi connectivity index (χ1) is 14.8. The van der Waals surface area contributed by atoms with Crippen molar-refractivity contribution in [3.8, 4) is 17.2 Å². The number of aliphatic imine (C=N–C) groups is 1. The van der Waals surface area contributed by atoms with Crippen LogP contribution in [0.5, 0.6) is 17.2 Å². The van der Waals surface area contributed by atoms with Crippen molar-refractivity contribution in [1.29, 1.82) is 0 Å². The fourth-order valence-corrected chi connectivity index (χ4v) is 2.67. The molecule has 0 aromatic heterocycles. The number of ether oxygens (including phenoxy) is 2. The van der Waals surface area contributed by atoms with Gasteiger partial charge in [0.25, 0.3) is 0 Å². The van der Waals surface area contributed by atoms with Crippen LogP contribution in [-0.2, 0) is 10.9 Å². The number of halogens is 3. The number of phenols is 1. The SMILES string of the molecule is CCOC(=O)c1ccccc1Oc1ccc(C(F)(F)F)cc1N=Cc1ccccc1O. The summed E-state index contributed by atoms with van der Waals surface area (Å²) in [6.45, 7) is 1.81. The lowest BCUT2D eigenvalue weighted by atomic mass is 10.1. The van der Waals surface area contributed by atoms with Crippen molar-refractivity contribution in [3.63, 3.8) is 0 Å². The maximum absolute atomic E-state index is 13.2. The molecular formula is C23H18F3NO4. The van der Waals surface area contributed by atoms with Crippen molar-refractivity contribution in [2.45, 2.75) is 13.1 Å². The Balaban J connectivity index is 2.03. The van der Waals surface area contributed by atoms with Crippen molar-refractivity contribution in [3.05, 3.63) is 83.4 Å². The lowest BCUT2D eigenvalue weighted by Gasteiger charge is -2.14. The molecule has 3 aromatic rings. The summed E-state index contributed by atoms with van der Waals surface area (Å²) < 4.78 is 50.4. The van der Waals surface area contributed by atoms with Crippen LogP contribution in [0.3, 0.4) is 0 Å². The molecule has 5 nitrogen and oxygen atoms in total. The van der Waals surface area contributed by atoms with Gasteiger partial charge in [0.1, 0.15) is 22.7 Å². The normalized spacial score (nSPS) is 11.5. The number of phenolic OH excluding ortho intramolecular Hbond substituents is 1. The van der Waals surface area contributed by atoms with Gasteiger partial charge in [-0.15, -0.1) is 0 Å². The second-order valence-corrected chi connectivity index (χ2v) is 6.32. The predicted molar refractivity (Wildman–Crippen MR) is 109 cm³/mol. The summed E-state index contributed by atoms with van der Waals surface area (Å²) in [5.74, 6) is -0.589. The molecule has 0 heterocycles. The van der Waals surface area contributed by atoms with Crippen molar-refractivity contribution in [2.75, 3.05) is 6.61 Å². The van der Waals surface area contributed by atoms with E-state index in [1.807, 2.05) is 0 Å². The number of carbonyl (C=O) groups is 1. The highest BCUT2D eigenvalue weighted by atomic mass is 19.4. The number of hydrogen-bond donors (Lipinski definition) is 1. The Labute approximate surface area is 176 Å². The Morgan fingerprint density at radius 3 is 2.45 bits per heavy atom. The van der Waals surface area contributed by atoms with Crippen LogP contribution in [0, 0.1) is 0 Å². The van der Waals surface area contributed by atoms with Crippen LogP contribution in [0.15, 0.2) is 71.7 Å². The van der Waals surface area contributed by atoms with E-state index in [1.165, 1.54) is 24.4 Å². The average Bonchev–Trinajstić information content (AvgIpc) is 2.74. The first-order valence-electron chi connectivity index (χ1n) is 9.27. The van der Waals surface area contributed by atoms with E-state index >= 15 is 0 Å². The Morgan fingerprint density at radius 2 is 1.74 bits per heavy atom. The van der Waals surface area contributed by atoms with E-state index in [9.17, 15) is 23.1 Å². The highest BCUT2D eigenvalue weighted by Gasteiger charge is 2.31. The summed E-state index contributed by atoms with van der Waals surface area (Å²) >= 11 is 0. The molecule has 0 aliphatic heterocycles. The van der Waals surface area contributed by atoms with E-state index in [4.69, 9.17) is 9.47 Å². The highest BCUT2D eigenvalue weighted by Crippen LogP contribution is 2.39. The highest BCUT2D eigenvalue weighted by molar-refractivity contribution is 5.92. The predicted octanol–water partition coefficient (Wildman–Crippen LogP) is 6.13. The first-order valence-corrected chi connectivity index (χ1v) is 9.27. The largest absolute Gasteiger partial charge is 0.507 e. The molecule has 0 saturated carbocycles. The maximum Gasteiger partial charge on any atom is 0.416 e. The van der Waals surface area contributed by atoms with Gasteiger partial charge in [0.05, 0.1) is 12.2 Å². The monoisotopic (exact) mass is 429 g/mol. The van der Waals surface area contributed by atoms with E-state index < -0.39 is 17.7 Å². The van der Waals surface area contributed by atoms with E-state index in [-0.39, 0.29) is 35.1 Å². The minimum Gasteiger partial charge on any atom is -0.507 e. The average molecular weight is 429 g/mol. The fraction of sp³-hybridized carbons (Fsp3) is 0.130. The van der Waals surface area contributed by atoms with Crippen molar-refractivity contribution < 1.29 is 32.5 Å². The van der Waals surface area contributed by atoms with Gasteiger partial charge in [-0.3, -0.25) is 4.99 Å². The molecule has 0 fully saturated rings. The topological polar surface area (TPSA) is 68.1 Å². The van der Waals surface area contributed by atoms with E-state index in [0.717, 1.165) is 18.2 Å². The smallest absolute Gasteiger partial charge is 0.416 e. The van der Waals surface area contributed by atoms with Gasteiger partial charge in [-0.1, -0.05) is 24.3 Å². The number of rotatable bonds is 6. The van der Waals surface area contributed by atoms with Crippen LogP contribution in [-0.4, -0.2) is 23.9 Å². The molecule has 3 aromatic carbocycles. The molecule has 0 atom stereocenters. The molecule has 0 unspecified atom stereocenters. The molecule has 3 rings (SSSR count). The molecule has 0 aliphatic rings. The van der Waals surface area contributed by atoms with Gasteiger partial charge in [0.2, 0.25) is 0 Å². The minimum atomic E-state index is -4.58. The fourth-order valence-electron chi connectivity index (χ4n) is 2.67. The minimum absolute atomic E-state index is 0.00332. The number of esters is 1. The molecule has 31 heavy (non-hydrogen) atoms. The van der Waals surface area contributed by atoms with Gasteiger partial charge >= 0.3 is 12.1 Å². The number of nitrogens with zero attached hydrogens (tertiary/aromatic N) is 1. The van der Waals surface area contributed by atoms with Crippen LogP contribution in [0.25, 0.3) is 0 Å². The molecule has 0 bridgehead atoms. The van der Waals surface area contributed by atoms with Gasteiger partial charge in [0, 0.05) is 11.8 Å². The molecular weight excluding hydrogens is 411 g/mol. The number of carbonyl (C=O) groups excluding carboxylic acids is 1. The summed E-state index contributed by atoms with van der Waals surface area (Å²) in [5.41, 5.74) is -0.600. The summed E-state index contributed by atoms with van der Waals surface area (Å²) in [5, 5.41) is 9.87. The Bertz CT molecular complexity index is 1110. The number of para-hydroxylation sites is 2. The maximum atomic E-state index is 13.2. The Kier molecular flexibility index (Phi) is 6.59. The second-order valence-electron chi connectivity index (χ2n) is 6.32. The molecule has 0 saturated heterocycles. The van der Waals surface area contributed by atoms with Crippen molar-refractivity contribution >= 4 is 17.9 Å². The third kappa shape index (κ3) is 5.42. The number of aromatic hydroxyl groups is 1. The summed E-state index contributed by atoms with van der Waals surface area (Å²) in [4.78, 5) is 16.3. The molecule has 8 heteroatoms. The standard InChI is InChI=1S/C23H18F3NO4/c1-2-30-22(29)17-8-4-6-10-20(17)31-21-12-11-16(23(24,25)26)13-18(21)27-14-15-7-3-5-9-19(15)28/h3-14,28H,2H2,1H3. The van der Waals surface area contributed by atoms with E-state index in [0.29, 0.717) is 5.56 Å². The number of hydrogen-bond acceptors (Lipinski definition) is 5. The van der Waals surface area contributed by atoms with Crippen LogP contribution in [0.2, 0.25) is 0 Å². The van der Waals surface area contributed by atoms with Crippen molar-refractivity contribution in [2.24, 2.45) is 4.99 Å². The number of alkyl halides is 3. The van der Waals surface area contributed by atoms with Gasteiger partial charge in [-0.2, -0.15) is 13.2 Å². The van der Waals surface area contributed by atoms with Crippen LogP contribution in [0.1, 0.15) is 28.4 Å². The third-order valence-electron chi connectivity index (χ3n) is 4.17. The van der Waals surface area contributed by atoms with E-state index in [1.54, 1.807) is 37.3 Å². The second kappa shape index (κ2) is 9.34. The molecule has 160 valence electrons. The molecule has 1 N–H and O–H groups in total. The molecule has 0 radical (unpaired) electrons. The first kappa shape index (κ1) is 21.9. The summed E-state index contributed by atoms with van der Waals surface area (Å²) in [6.07, 6.45) is -3.35. The Hall–Kier alpha value is -3.81. The van der Waals surface area contributed by atoms with Crippen molar-refractivity contribution in [1.82, 2.24) is 0 Å². The van der Waals surface area contributed by atoms with Gasteiger partial charge in [0.15, 0.2) is 5.75 Å². The number of benzene rings is 3. The zero-order valence-corrected chi connectivity index (χ0v) is 16.4. The lowest BCUT2D eigenvalue weighted by molar-refractivity contribution is -0.137. The van der Waals surface area contributed by atoms with Gasteiger partial charge in [-0.05, 0) is 49.4 Å². The van der Waals surface area contributed by atoms with Gasteiger partial charge < -0.3 is 14.6 Å². The zero-order chi connectivity index (χ0) is 22.4. The third-order valence-corrected chi connectivity index (χ3v) is 4.17. The molecule has 0 aliphatic carbocycles. The molecule has 0 amide bonds. The zero-order valence-electron chi connectivity index (χ0n) is 16.4. The lowest BCUT2D eigenvalue weighted by Crippen LogP contribution is -2.07. The van der Waals surface area contributed by atoms with Crippen LogP contribution >= 0.6 is 0 Å².